The first-order valence-corrected chi connectivity index (χ1v) is 7.45. The SMILES string of the molecule is C#CCN(C)S(=O)(=O)c1cc(CNC(C)C)oc1C. The lowest BCUT2D eigenvalue weighted by molar-refractivity contribution is 0.442. The summed E-state index contributed by atoms with van der Waals surface area (Å²) in [4.78, 5) is 0.172. The van der Waals surface area contributed by atoms with E-state index < -0.39 is 10.0 Å². The Bertz CT molecular complexity index is 567. The van der Waals surface area contributed by atoms with E-state index in [1.807, 2.05) is 13.8 Å². The lowest BCUT2D eigenvalue weighted by Gasteiger charge is -2.12. The summed E-state index contributed by atoms with van der Waals surface area (Å²) in [5.41, 5.74) is 0. The van der Waals surface area contributed by atoms with E-state index >= 15 is 0 Å². The summed E-state index contributed by atoms with van der Waals surface area (Å²) in [6.45, 7) is 6.18. The summed E-state index contributed by atoms with van der Waals surface area (Å²) in [5, 5.41) is 3.17. The van der Waals surface area contributed by atoms with Crippen molar-refractivity contribution in [2.45, 2.75) is 38.3 Å². The van der Waals surface area contributed by atoms with Gasteiger partial charge in [0.2, 0.25) is 10.0 Å². The van der Waals surface area contributed by atoms with Crippen LogP contribution in [0.2, 0.25) is 0 Å². The zero-order valence-electron chi connectivity index (χ0n) is 11.7. The summed E-state index contributed by atoms with van der Waals surface area (Å²) in [7, 11) is -2.13. The molecule has 0 aliphatic rings. The van der Waals surface area contributed by atoms with Crippen molar-refractivity contribution in [2.24, 2.45) is 0 Å². The molecule has 0 bridgehead atoms. The number of furan rings is 1. The summed E-state index contributed by atoms with van der Waals surface area (Å²) in [6, 6.07) is 1.85. The van der Waals surface area contributed by atoms with Crippen molar-refractivity contribution < 1.29 is 12.8 Å². The van der Waals surface area contributed by atoms with Crippen LogP contribution in [0.25, 0.3) is 0 Å². The Morgan fingerprint density at radius 2 is 2.16 bits per heavy atom. The minimum absolute atomic E-state index is 0.0343. The van der Waals surface area contributed by atoms with E-state index in [1.54, 1.807) is 13.0 Å². The number of nitrogens with zero attached hydrogens (tertiary/aromatic N) is 1. The number of nitrogens with one attached hydrogen (secondary N) is 1. The van der Waals surface area contributed by atoms with Gasteiger partial charge in [-0.1, -0.05) is 19.8 Å². The number of sulfonamides is 1. The first-order chi connectivity index (χ1) is 8.78. The van der Waals surface area contributed by atoms with Crippen LogP contribution < -0.4 is 5.32 Å². The highest BCUT2D eigenvalue weighted by molar-refractivity contribution is 7.89. The minimum Gasteiger partial charge on any atom is -0.464 e. The molecule has 1 rings (SSSR count). The number of rotatable bonds is 6. The van der Waals surface area contributed by atoms with E-state index in [0.29, 0.717) is 24.1 Å². The zero-order chi connectivity index (χ0) is 14.6. The molecular formula is C13H20N2O3S. The maximum Gasteiger partial charge on any atom is 0.247 e. The minimum atomic E-state index is -3.58. The van der Waals surface area contributed by atoms with Gasteiger partial charge < -0.3 is 9.73 Å². The predicted octanol–water partition coefficient (Wildman–Crippen LogP) is 1.34. The average Bonchev–Trinajstić information content (AvgIpc) is 2.69. The van der Waals surface area contributed by atoms with Crippen LogP contribution in [-0.4, -0.2) is 32.4 Å². The highest BCUT2D eigenvalue weighted by Gasteiger charge is 2.25. The van der Waals surface area contributed by atoms with Gasteiger partial charge in [0.1, 0.15) is 16.4 Å². The molecule has 0 aliphatic carbocycles. The lowest BCUT2D eigenvalue weighted by atomic mass is 10.3. The first kappa shape index (κ1) is 15.8. The van der Waals surface area contributed by atoms with Crippen molar-refractivity contribution >= 4 is 10.0 Å². The summed E-state index contributed by atoms with van der Waals surface area (Å²) in [5.74, 6) is 3.29. The van der Waals surface area contributed by atoms with Gasteiger partial charge in [0.05, 0.1) is 13.1 Å². The molecule has 1 N–H and O–H groups in total. The molecule has 106 valence electrons. The molecule has 0 aromatic carbocycles. The molecule has 0 saturated carbocycles. The van der Waals surface area contributed by atoms with Gasteiger partial charge in [-0.3, -0.25) is 0 Å². The van der Waals surface area contributed by atoms with Gasteiger partial charge in [-0.15, -0.1) is 6.42 Å². The van der Waals surface area contributed by atoms with Crippen LogP contribution in [0.4, 0.5) is 0 Å². The molecule has 1 heterocycles. The second-order valence-corrected chi connectivity index (χ2v) is 6.65. The van der Waals surface area contributed by atoms with Crippen LogP contribution in [0.3, 0.4) is 0 Å². The molecule has 0 saturated heterocycles. The molecule has 0 atom stereocenters. The van der Waals surface area contributed by atoms with Gasteiger partial charge in [-0.2, -0.15) is 4.31 Å². The molecule has 6 heteroatoms. The van der Waals surface area contributed by atoms with Crippen LogP contribution in [0.15, 0.2) is 15.4 Å². The summed E-state index contributed by atoms with van der Waals surface area (Å²) in [6.07, 6.45) is 5.14. The second-order valence-electron chi connectivity index (χ2n) is 4.63. The van der Waals surface area contributed by atoms with E-state index in [-0.39, 0.29) is 11.4 Å². The van der Waals surface area contributed by atoms with Crippen molar-refractivity contribution in [3.63, 3.8) is 0 Å². The van der Waals surface area contributed by atoms with E-state index in [2.05, 4.69) is 11.2 Å². The fourth-order valence-corrected chi connectivity index (χ4v) is 2.82. The Labute approximate surface area is 115 Å². The van der Waals surface area contributed by atoms with Crippen molar-refractivity contribution in [2.75, 3.05) is 13.6 Å². The van der Waals surface area contributed by atoms with Crippen molar-refractivity contribution in [3.05, 3.63) is 17.6 Å². The fourth-order valence-electron chi connectivity index (χ4n) is 1.55. The molecule has 0 aliphatic heterocycles. The predicted molar refractivity (Wildman–Crippen MR) is 74.1 cm³/mol. The Morgan fingerprint density at radius 3 is 2.68 bits per heavy atom. The first-order valence-electron chi connectivity index (χ1n) is 6.01. The Balaban J connectivity index is 2.99. The van der Waals surface area contributed by atoms with Crippen LogP contribution in [-0.2, 0) is 16.6 Å². The van der Waals surface area contributed by atoms with Crippen LogP contribution in [0, 0.1) is 19.3 Å². The van der Waals surface area contributed by atoms with Crippen molar-refractivity contribution in [3.8, 4) is 12.3 Å². The van der Waals surface area contributed by atoms with Gasteiger partial charge in [-0.05, 0) is 6.92 Å². The van der Waals surface area contributed by atoms with Gasteiger partial charge >= 0.3 is 0 Å². The molecular weight excluding hydrogens is 264 g/mol. The monoisotopic (exact) mass is 284 g/mol. The molecule has 1 aromatic heterocycles. The standard InChI is InChI=1S/C13H20N2O3S/c1-6-7-15(5)19(16,17)13-8-12(18-11(13)4)9-14-10(2)3/h1,8,10,14H,7,9H2,2-5H3. The van der Waals surface area contributed by atoms with Gasteiger partial charge in [0, 0.05) is 19.2 Å². The zero-order valence-corrected chi connectivity index (χ0v) is 12.5. The maximum atomic E-state index is 12.2. The normalized spacial score (nSPS) is 12.1. The Hall–Kier alpha value is -1.29. The molecule has 19 heavy (non-hydrogen) atoms. The number of aryl methyl sites for hydroxylation is 1. The summed E-state index contributed by atoms with van der Waals surface area (Å²) < 4.78 is 31.1. The molecule has 0 radical (unpaired) electrons. The van der Waals surface area contributed by atoms with E-state index in [4.69, 9.17) is 10.8 Å². The number of terminal acetylenes is 1. The van der Waals surface area contributed by atoms with Gasteiger partial charge in [0.25, 0.3) is 0 Å². The van der Waals surface area contributed by atoms with Crippen molar-refractivity contribution in [1.82, 2.24) is 9.62 Å². The van der Waals surface area contributed by atoms with Crippen LogP contribution in [0.5, 0.6) is 0 Å². The number of hydrogen-bond donors (Lipinski definition) is 1. The average molecular weight is 284 g/mol. The van der Waals surface area contributed by atoms with Crippen LogP contribution in [0.1, 0.15) is 25.4 Å². The smallest absolute Gasteiger partial charge is 0.247 e. The van der Waals surface area contributed by atoms with Crippen molar-refractivity contribution in [1.29, 1.82) is 0 Å². The molecule has 1 aromatic rings. The summed E-state index contributed by atoms with van der Waals surface area (Å²) >= 11 is 0. The third kappa shape index (κ3) is 3.83. The van der Waals surface area contributed by atoms with Gasteiger partial charge in [0.15, 0.2) is 0 Å². The van der Waals surface area contributed by atoms with Gasteiger partial charge in [-0.25, -0.2) is 8.42 Å². The highest BCUT2D eigenvalue weighted by atomic mass is 32.2. The van der Waals surface area contributed by atoms with E-state index in [9.17, 15) is 8.42 Å². The Kier molecular flexibility index (Phi) is 5.18. The molecule has 0 unspecified atom stereocenters. The Morgan fingerprint density at radius 1 is 1.53 bits per heavy atom. The second kappa shape index (κ2) is 6.24. The topological polar surface area (TPSA) is 62.6 Å². The van der Waals surface area contributed by atoms with E-state index in [1.165, 1.54) is 7.05 Å². The molecule has 5 nitrogen and oxygen atoms in total. The largest absolute Gasteiger partial charge is 0.464 e. The lowest BCUT2D eigenvalue weighted by Crippen LogP contribution is -2.27. The third-order valence-corrected chi connectivity index (χ3v) is 4.52. The quantitative estimate of drug-likeness (QED) is 0.801. The highest BCUT2D eigenvalue weighted by Crippen LogP contribution is 2.22. The van der Waals surface area contributed by atoms with Crippen LogP contribution >= 0.6 is 0 Å². The molecule has 0 amide bonds. The molecule has 0 spiro atoms. The van der Waals surface area contributed by atoms with E-state index in [0.717, 1.165) is 4.31 Å². The third-order valence-electron chi connectivity index (χ3n) is 2.61. The number of hydrogen-bond acceptors (Lipinski definition) is 4. The fraction of sp³-hybridized carbons (Fsp3) is 0.538. The maximum absolute atomic E-state index is 12.2. The molecule has 0 fully saturated rings.